The molecular weight excluding hydrogens is 429 g/mol. The molecule has 5 rings (SSSR count). The summed E-state index contributed by atoms with van der Waals surface area (Å²) in [5, 5.41) is 5.48. The summed E-state index contributed by atoms with van der Waals surface area (Å²) in [5.74, 6) is 0. The molecule has 1 aromatic heterocycles. The van der Waals surface area contributed by atoms with Gasteiger partial charge in [-0.1, -0.05) is 70.2 Å². The molecule has 0 unspecified atom stereocenters. The van der Waals surface area contributed by atoms with E-state index in [2.05, 4.69) is 102 Å². The number of aromatic nitrogens is 1. The van der Waals surface area contributed by atoms with Crippen LogP contribution in [-0.4, -0.2) is 2.78 Å². The van der Waals surface area contributed by atoms with E-state index < -0.39 is 0 Å². The van der Waals surface area contributed by atoms with Gasteiger partial charge < -0.3 is 0 Å². The molecule has 0 spiro atoms. The summed E-state index contributed by atoms with van der Waals surface area (Å²) in [5.41, 5.74) is 6.29. The maximum Gasteiger partial charge on any atom is 0.0646 e. The Labute approximate surface area is 168 Å². The first-order valence-corrected chi connectivity index (χ1v) is 10.4. The third-order valence-corrected chi connectivity index (χ3v) is 7.55. The number of nitrogens with zero attached hydrogens (tertiary/aromatic N) is 1. The van der Waals surface area contributed by atoms with Crippen molar-refractivity contribution in [2.45, 2.75) is 51.4 Å². The van der Waals surface area contributed by atoms with Gasteiger partial charge >= 0.3 is 0 Å². The summed E-state index contributed by atoms with van der Waals surface area (Å²) in [7, 11) is 0. The Morgan fingerprint density at radius 2 is 1.54 bits per heavy atom. The molecule has 1 aliphatic rings. The van der Waals surface area contributed by atoms with Crippen LogP contribution in [-0.2, 0) is 10.8 Å². The highest BCUT2D eigenvalue weighted by molar-refractivity contribution is 14.1. The summed E-state index contributed by atoms with van der Waals surface area (Å²) < 4.78 is 2.41. The lowest BCUT2D eigenvalue weighted by Gasteiger charge is -2.42. The highest BCUT2D eigenvalue weighted by Crippen LogP contribution is 2.50. The number of halogens is 1. The van der Waals surface area contributed by atoms with Gasteiger partial charge in [-0.2, -0.15) is 0 Å². The molecule has 1 nitrogen and oxygen atoms in total. The van der Waals surface area contributed by atoms with Gasteiger partial charge in [-0.05, 0) is 51.6 Å². The highest BCUT2D eigenvalue weighted by Gasteiger charge is 2.39. The number of hydrogen-bond donors (Lipinski definition) is 0. The molecule has 1 heterocycles. The molecule has 0 atom stereocenters. The van der Waals surface area contributed by atoms with Crippen LogP contribution in [0, 0.1) is 0 Å². The van der Waals surface area contributed by atoms with Gasteiger partial charge in [-0.15, -0.1) is 0 Å². The molecule has 3 aromatic carbocycles. The number of rotatable bonds is 0. The van der Waals surface area contributed by atoms with Crippen molar-refractivity contribution in [3.05, 3.63) is 59.7 Å². The number of benzene rings is 3. The zero-order chi connectivity index (χ0) is 18.3. The Morgan fingerprint density at radius 1 is 0.808 bits per heavy atom. The Morgan fingerprint density at radius 3 is 2.35 bits per heavy atom. The molecule has 26 heavy (non-hydrogen) atoms. The predicted molar refractivity (Wildman–Crippen MR) is 122 cm³/mol. The summed E-state index contributed by atoms with van der Waals surface area (Å²) in [6.45, 7) is 9.66. The minimum absolute atomic E-state index is 0.206. The van der Waals surface area contributed by atoms with Gasteiger partial charge in [0.2, 0.25) is 0 Å². The van der Waals surface area contributed by atoms with Crippen LogP contribution in [0.5, 0.6) is 0 Å². The van der Waals surface area contributed by atoms with E-state index in [1.165, 1.54) is 51.0 Å². The Balaban J connectivity index is 2.05. The molecule has 0 aliphatic heterocycles. The van der Waals surface area contributed by atoms with E-state index in [0.29, 0.717) is 0 Å². The van der Waals surface area contributed by atoms with Gasteiger partial charge in [0.25, 0.3) is 0 Å². The molecule has 0 bridgehead atoms. The van der Waals surface area contributed by atoms with Gasteiger partial charge in [-0.3, -0.25) is 2.78 Å². The lowest BCUT2D eigenvalue weighted by Crippen LogP contribution is -2.34. The Bertz CT molecular complexity index is 1190. The van der Waals surface area contributed by atoms with Crippen LogP contribution in [0.4, 0.5) is 0 Å². The second-order valence-corrected chi connectivity index (χ2v) is 10.1. The van der Waals surface area contributed by atoms with Crippen molar-refractivity contribution in [1.29, 1.82) is 0 Å². The van der Waals surface area contributed by atoms with Crippen LogP contribution in [0.25, 0.3) is 32.6 Å². The van der Waals surface area contributed by atoms with Crippen LogP contribution >= 0.6 is 22.9 Å². The lowest BCUT2D eigenvalue weighted by molar-refractivity contribution is 0.334. The first-order valence-electron chi connectivity index (χ1n) is 9.47. The van der Waals surface area contributed by atoms with Gasteiger partial charge in [0.05, 0.1) is 33.9 Å². The maximum absolute atomic E-state index is 2.52. The second-order valence-electron chi connectivity index (χ2n) is 9.11. The van der Waals surface area contributed by atoms with Crippen molar-refractivity contribution >= 4 is 55.4 Å². The van der Waals surface area contributed by atoms with Gasteiger partial charge in [0.1, 0.15) is 0 Å². The Kier molecular flexibility index (Phi) is 3.35. The molecule has 0 N–H and O–H groups in total. The average molecular weight is 453 g/mol. The summed E-state index contributed by atoms with van der Waals surface area (Å²) >= 11 is 2.52. The monoisotopic (exact) mass is 453 g/mol. The number of fused-ring (bicyclic) bond motifs is 7. The largest absolute Gasteiger partial charge is 0.281 e. The quantitative estimate of drug-likeness (QED) is 0.243. The van der Waals surface area contributed by atoms with Crippen LogP contribution in [0.2, 0.25) is 0 Å². The van der Waals surface area contributed by atoms with Crippen LogP contribution in [0.3, 0.4) is 0 Å². The molecular formula is C24H24IN. The van der Waals surface area contributed by atoms with Crippen molar-refractivity contribution in [1.82, 2.24) is 2.78 Å². The zero-order valence-corrected chi connectivity index (χ0v) is 18.0. The molecule has 132 valence electrons. The van der Waals surface area contributed by atoms with E-state index in [-0.39, 0.29) is 10.8 Å². The molecule has 1 aliphatic carbocycles. The van der Waals surface area contributed by atoms with E-state index in [4.69, 9.17) is 0 Å². The molecule has 4 aromatic rings. The van der Waals surface area contributed by atoms with Crippen LogP contribution < -0.4 is 0 Å². The normalized spacial score (nSPS) is 18.5. The Hall–Kier alpha value is -1.55. The maximum atomic E-state index is 2.52. The van der Waals surface area contributed by atoms with Gasteiger partial charge in [0, 0.05) is 10.8 Å². The first-order chi connectivity index (χ1) is 12.3. The number of hydrogen-bond acceptors (Lipinski definition) is 0. The van der Waals surface area contributed by atoms with Crippen molar-refractivity contribution < 1.29 is 0 Å². The second kappa shape index (κ2) is 5.25. The fraction of sp³-hybridized carbons (Fsp3) is 0.333. The van der Waals surface area contributed by atoms with Crippen molar-refractivity contribution in [3.8, 4) is 0 Å². The smallest absolute Gasteiger partial charge is 0.0646 e. The fourth-order valence-electron chi connectivity index (χ4n) is 4.96. The van der Waals surface area contributed by atoms with Crippen LogP contribution in [0.1, 0.15) is 51.7 Å². The molecule has 0 radical (unpaired) electrons. The molecule has 0 saturated heterocycles. The minimum atomic E-state index is 0.206. The lowest BCUT2D eigenvalue weighted by atomic mass is 9.62. The first kappa shape index (κ1) is 16.6. The zero-order valence-electron chi connectivity index (χ0n) is 15.9. The summed E-state index contributed by atoms with van der Waals surface area (Å²) in [6.07, 6.45) is 2.49. The summed E-state index contributed by atoms with van der Waals surface area (Å²) in [4.78, 5) is 0. The molecule has 2 heteroatoms. The average Bonchev–Trinajstić information content (AvgIpc) is 2.92. The van der Waals surface area contributed by atoms with Gasteiger partial charge in [-0.25, -0.2) is 0 Å². The third kappa shape index (κ3) is 2.08. The van der Waals surface area contributed by atoms with Gasteiger partial charge in [0.15, 0.2) is 0 Å². The topological polar surface area (TPSA) is 4.93 Å². The standard InChI is InChI=1S/C24H24IN/c1-23(2)13-14-24(3,4)21-18(23)11-10-17-20-16-8-6-5-7-15(16)9-12-19(20)26(25)22(17)21/h5-12H,13-14H2,1-4H3. The van der Waals surface area contributed by atoms with Crippen molar-refractivity contribution in [2.24, 2.45) is 0 Å². The van der Waals surface area contributed by atoms with Crippen molar-refractivity contribution in [2.75, 3.05) is 0 Å². The summed E-state index contributed by atoms with van der Waals surface area (Å²) in [6, 6.07) is 18.1. The minimum Gasteiger partial charge on any atom is -0.281 e. The van der Waals surface area contributed by atoms with Crippen LogP contribution in [0.15, 0.2) is 48.5 Å². The molecule has 0 amide bonds. The predicted octanol–water partition coefficient (Wildman–Crippen LogP) is 7.49. The fourth-order valence-corrected chi connectivity index (χ4v) is 5.86. The van der Waals surface area contributed by atoms with E-state index in [1.54, 1.807) is 5.56 Å². The molecule has 0 fully saturated rings. The molecule has 0 saturated carbocycles. The SMILES string of the molecule is CC1(C)CCC(C)(C)c2c1ccc1c3c4ccccc4ccc3n(I)c21. The van der Waals surface area contributed by atoms with Crippen molar-refractivity contribution in [3.63, 3.8) is 0 Å². The van der Waals surface area contributed by atoms with E-state index in [0.717, 1.165) is 0 Å². The highest BCUT2D eigenvalue weighted by atomic mass is 127. The van der Waals surface area contributed by atoms with E-state index in [9.17, 15) is 0 Å². The van der Waals surface area contributed by atoms with E-state index in [1.807, 2.05) is 0 Å². The van der Waals surface area contributed by atoms with E-state index >= 15 is 0 Å². The third-order valence-electron chi connectivity index (χ3n) is 6.54.